The van der Waals surface area contributed by atoms with Crippen LogP contribution in [-0.4, -0.2) is 40.3 Å². The van der Waals surface area contributed by atoms with Crippen LogP contribution in [0.5, 0.6) is 5.75 Å². The fourth-order valence-electron chi connectivity index (χ4n) is 4.91. The molecule has 1 spiro atoms. The van der Waals surface area contributed by atoms with Crippen LogP contribution in [0.1, 0.15) is 36.0 Å². The molecule has 10 heteroatoms. The van der Waals surface area contributed by atoms with E-state index in [1.807, 2.05) is 18.2 Å². The van der Waals surface area contributed by atoms with Crippen LogP contribution in [0.25, 0.3) is 10.9 Å². The Morgan fingerprint density at radius 1 is 1.27 bits per heavy atom. The first-order valence-corrected chi connectivity index (χ1v) is 10.9. The van der Waals surface area contributed by atoms with Gasteiger partial charge in [0, 0.05) is 25.5 Å². The highest BCUT2D eigenvalue weighted by molar-refractivity contribution is 6.03. The molecule has 1 saturated carbocycles. The number of carboxylic acids is 1. The number of aromatic nitrogens is 2. The van der Waals surface area contributed by atoms with E-state index in [4.69, 9.17) is 10.5 Å². The van der Waals surface area contributed by atoms with E-state index in [1.54, 1.807) is 10.8 Å². The van der Waals surface area contributed by atoms with E-state index in [9.17, 15) is 14.7 Å². The summed E-state index contributed by atoms with van der Waals surface area (Å²) in [6.45, 7) is 1.04. The van der Waals surface area contributed by atoms with Gasteiger partial charge in [-0.05, 0) is 25.0 Å². The predicted molar refractivity (Wildman–Crippen MR) is 123 cm³/mol. The Morgan fingerprint density at radius 2 is 2.03 bits per heavy atom. The molecule has 0 radical (unpaired) electrons. The number of carbonyl (C=O) groups is 1. The topological polar surface area (TPSA) is 131 Å². The number of rotatable bonds is 6. The van der Waals surface area contributed by atoms with Crippen LogP contribution in [0.3, 0.4) is 0 Å². The second-order valence-corrected chi connectivity index (χ2v) is 8.49. The predicted octanol–water partition coefficient (Wildman–Crippen LogP) is 3.00. The minimum absolute atomic E-state index is 0.0619. The number of halogens is 1. The summed E-state index contributed by atoms with van der Waals surface area (Å²) in [5.74, 6) is -1.33. The normalized spacial score (nSPS) is 16.0. The van der Waals surface area contributed by atoms with Gasteiger partial charge in [0.05, 0.1) is 22.1 Å². The highest BCUT2D eigenvalue weighted by Crippen LogP contribution is 2.48. The van der Waals surface area contributed by atoms with E-state index < -0.39 is 28.3 Å². The molecule has 1 fully saturated rings. The first-order chi connectivity index (χ1) is 15.9. The zero-order valence-electron chi connectivity index (χ0n) is 17.9. The number of ether oxygens (including phenoxy) is 1. The summed E-state index contributed by atoms with van der Waals surface area (Å²) in [5.41, 5.74) is 4.40. The number of benzene rings is 1. The van der Waals surface area contributed by atoms with Crippen LogP contribution >= 0.6 is 0 Å². The zero-order chi connectivity index (χ0) is 23.2. The highest BCUT2D eigenvalue weighted by atomic mass is 19.1. The number of nitrogen functional groups attached to an aromatic ring is 1. The Balaban J connectivity index is 1.60. The second-order valence-electron chi connectivity index (χ2n) is 8.49. The summed E-state index contributed by atoms with van der Waals surface area (Å²) < 4.78 is 23.2. The Morgan fingerprint density at radius 3 is 2.73 bits per heavy atom. The Labute approximate surface area is 188 Å². The monoisotopic (exact) mass is 453 g/mol. The maximum absolute atomic E-state index is 15.4. The molecule has 2 aliphatic rings. The lowest BCUT2D eigenvalue weighted by Gasteiger charge is -2.39. The smallest absolute Gasteiger partial charge is 0.341 e. The van der Waals surface area contributed by atoms with Crippen molar-refractivity contribution < 1.29 is 19.0 Å². The molecule has 0 unspecified atom stereocenters. The van der Waals surface area contributed by atoms with Crippen molar-refractivity contribution in [3.8, 4) is 5.75 Å². The summed E-state index contributed by atoms with van der Waals surface area (Å²) in [6, 6.07) is 5.49. The third-order valence-electron chi connectivity index (χ3n) is 6.53. The highest BCUT2D eigenvalue weighted by Gasteiger charge is 2.43. The fraction of sp³-hybridized carbons (Fsp3) is 0.348. The lowest BCUT2D eigenvalue weighted by Crippen LogP contribution is -2.42. The lowest BCUT2D eigenvalue weighted by molar-refractivity contribution is 0.0692. The maximum atomic E-state index is 15.4. The second kappa shape index (κ2) is 7.95. The van der Waals surface area contributed by atoms with Crippen molar-refractivity contribution in [3.63, 3.8) is 0 Å². The molecular weight excluding hydrogens is 429 g/mol. The number of aromatic carboxylic acids is 1. The van der Waals surface area contributed by atoms with E-state index in [1.165, 1.54) is 6.20 Å². The maximum Gasteiger partial charge on any atom is 0.341 e. The first-order valence-electron chi connectivity index (χ1n) is 10.9. The molecule has 0 bridgehead atoms. The van der Waals surface area contributed by atoms with E-state index in [0.29, 0.717) is 24.4 Å². The number of fused-ring (bicyclic) bond motifs is 1. The van der Waals surface area contributed by atoms with Crippen LogP contribution in [-0.2, 0) is 5.54 Å². The number of nitrogens with zero attached hydrogens (tertiary/aromatic N) is 2. The first kappa shape index (κ1) is 21.0. The number of anilines is 3. The van der Waals surface area contributed by atoms with Gasteiger partial charge in [0.1, 0.15) is 23.7 Å². The lowest BCUT2D eigenvalue weighted by atomic mass is 9.93. The van der Waals surface area contributed by atoms with Gasteiger partial charge in [-0.2, -0.15) is 0 Å². The zero-order valence-corrected chi connectivity index (χ0v) is 17.9. The van der Waals surface area contributed by atoms with Gasteiger partial charge < -0.3 is 30.8 Å². The molecule has 2 aromatic heterocycles. The Kier molecular flexibility index (Phi) is 5.07. The third kappa shape index (κ3) is 3.33. The Hall–Kier alpha value is -3.82. The van der Waals surface area contributed by atoms with Crippen molar-refractivity contribution in [1.82, 2.24) is 9.55 Å². The summed E-state index contributed by atoms with van der Waals surface area (Å²) in [7, 11) is 0. The van der Waals surface area contributed by atoms with Gasteiger partial charge >= 0.3 is 5.97 Å². The number of nitrogens with two attached hydrogens (primary N) is 1. The summed E-state index contributed by atoms with van der Waals surface area (Å²) >= 11 is 0. The molecule has 172 valence electrons. The molecule has 3 aromatic rings. The molecule has 0 amide bonds. The molecule has 0 saturated heterocycles. The van der Waals surface area contributed by atoms with Gasteiger partial charge in [0.25, 0.3) is 0 Å². The molecule has 9 nitrogen and oxygen atoms in total. The quantitative estimate of drug-likeness (QED) is 0.331. The van der Waals surface area contributed by atoms with Crippen LogP contribution in [0.15, 0.2) is 35.4 Å². The summed E-state index contributed by atoms with van der Waals surface area (Å²) in [6.07, 6.45) is 6.50. The number of hydrogen-bond donors (Lipinski definition) is 4. The molecular formula is C23H24FN5O4. The molecule has 1 aliphatic carbocycles. The van der Waals surface area contributed by atoms with E-state index in [2.05, 4.69) is 15.6 Å². The van der Waals surface area contributed by atoms with Crippen LogP contribution in [0.4, 0.5) is 21.6 Å². The SMILES string of the molecule is Nc1c(F)c(NCCNc2ccccn2)c2c3c1c(=O)c(C(=O)O)cn3C1(CCCC1)CO2. The van der Waals surface area contributed by atoms with Crippen LogP contribution in [0.2, 0.25) is 0 Å². The van der Waals surface area contributed by atoms with Crippen molar-refractivity contribution >= 4 is 34.1 Å². The van der Waals surface area contributed by atoms with Crippen LogP contribution < -0.4 is 26.5 Å². The average Bonchev–Trinajstić information content (AvgIpc) is 3.28. The molecule has 5 rings (SSSR count). The van der Waals surface area contributed by atoms with Gasteiger partial charge in [0.15, 0.2) is 11.6 Å². The van der Waals surface area contributed by atoms with Gasteiger partial charge in [0.2, 0.25) is 5.43 Å². The van der Waals surface area contributed by atoms with Gasteiger partial charge in [-0.25, -0.2) is 14.2 Å². The minimum atomic E-state index is -1.37. The average molecular weight is 453 g/mol. The standard InChI is InChI=1S/C23H24FN5O4/c24-16-17(25)15-19-21(18(16)28-10-9-27-14-5-1-4-8-26-14)33-12-23(6-2-3-7-23)29(19)11-13(20(15)30)22(31)32/h1,4-5,8,11,28H,2-3,6-7,9-10,12,25H2,(H,26,27)(H,31,32). The Bertz CT molecular complexity index is 1300. The molecule has 1 aromatic carbocycles. The van der Waals surface area contributed by atoms with Crippen LogP contribution in [0, 0.1) is 5.82 Å². The molecule has 5 N–H and O–H groups in total. The number of carboxylic acid groups (broad SMARTS) is 1. The van der Waals surface area contributed by atoms with Gasteiger partial charge in [-0.3, -0.25) is 4.79 Å². The van der Waals surface area contributed by atoms with E-state index >= 15 is 4.39 Å². The van der Waals surface area contributed by atoms with E-state index in [-0.39, 0.29) is 29.1 Å². The number of hydrogen-bond acceptors (Lipinski definition) is 7. The van der Waals surface area contributed by atoms with Crippen molar-refractivity contribution in [2.45, 2.75) is 31.2 Å². The third-order valence-corrected chi connectivity index (χ3v) is 6.53. The molecule has 3 heterocycles. The largest absolute Gasteiger partial charge is 0.487 e. The molecule has 0 atom stereocenters. The fourth-order valence-corrected chi connectivity index (χ4v) is 4.91. The summed E-state index contributed by atoms with van der Waals surface area (Å²) in [4.78, 5) is 29.0. The van der Waals surface area contributed by atoms with Crippen molar-refractivity contribution in [2.75, 3.05) is 36.1 Å². The van der Waals surface area contributed by atoms with Crippen molar-refractivity contribution in [2.24, 2.45) is 0 Å². The van der Waals surface area contributed by atoms with Crippen molar-refractivity contribution in [3.05, 3.63) is 52.2 Å². The minimum Gasteiger partial charge on any atom is -0.487 e. The van der Waals surface area contributed by atoms with Gasteiger partial charge in [-0.1, -0.05) is 18.9 Å². The number of nitrogens with one attached hydrogen (secondary N) is 2. The van der Waals surface area contributed by atoms with Gasteiger partial charge in [-0.15, -0.1) is 0 Å². The molecule has 1 aliphatic heterocycles. The molecule has 33 heavy (non-hydrogen) atoms. The summed E-state index contributed by atoms with van der Waals surface area (Å²) in [5, 5.41) is 15.6. The number of pyridine rings is 2. The van der Waals surface area contributed by atoms with Crippen molar-refractivity contribution in [1.29, 1.82) is 0 Å². The van der Waals surface area contributed by atoms with E-state index in [0.717, 1.165) is 25.7 Å².